The van der Waals surface area contributed by atoms with Crippen LogP contribution in [0.4, 0.5) is 5.69 Å². The van der Waals surface area contributed by atoms with Crippen LogP contribution in [0.3, 0.4) is 0 Å². The van der Waals surface area contributed by atoms with Gasteiger partial charge in [-0.05, 0) is 47.4 Å². The minimum Gasteiger partial charge on any atom is -0.326 e. The molecular formula is C16H21N5O. The molecule has 116 valence electrons. The van der Waals surface area contributed by atoms with Gasteiger partial charge in [-0.15, -0.1) is 5.10 Å². The number of hydrogen-bond acceptors (Lipinski definition) is 4. The summed E-state index contributed by atoms with van der Waals surface area (Å²) < 4.78 is 1.60. The van der Waals surface area contributed by atoms with Gasteiger partial charge in [0.25, 0.3) is 0 Å². The van der Waals surface area contributed by atoms with E-state index in [4.69, 9.17) is 0 Å². The first-order valence-corrected chi connectivity index (χ1v) is 7.87. The van der Waals surface area contributed by atoms with Crippen LogP contribution in [-0.2, 0) is 4.79 Å². The minimum absolute atomic E-state index is 0.0869. The van der Waals surface area contributed by atoms with Gasteiger partial charge in [0.2, 0.25) is 5.91 Å². The third-order valence-corrected chi connectivity index (χ3v) is 4.43. The second-order valence-corrected chi connectivity index (χ2v) is 5.94. The van der Waals surface area contributed by atoms with E-state index in [1.54, 1.807) is 11.0 Å². The van der Waals surface area contributed by atoms with Gasteiger partial charge < -0.3 is 5.32 Å². The summed E-state index contributed by atoms with van der Waals surface area (Å²) in [6, 6.07) is 5.74. The normalized spacial score (nSPS) is 15.1. The van der Waals surface area contributed by atoms with Crippen LogP contribution in [-0.4, -0.2) is 26.1 Å². The van der Waals surface area contributed by atoms with Crippen LogP contribution in [0.2, 0.25) is 0 Å². The minimum atomic E-state index is 0.0869. The van der Waals surface area contributed by atoms with Crippen molar-refractivity contribution in [3.8, 4) is 5.69 Å². The number of nitrogens with one attached hydrogen (secondary N) is 1. The summed E-state index contributed by atoms with van der Waals surface area (Å²) >= 11 is 0. The van der Waals surface area contributed by atoms with E-state index < -0.39 is 0 Å². The van der Waals surface area contributed by atoms with E-state index in [2.05, 4.69) is 20.8 Å². The number of amides is 1. The van der Waals surface area contributed by atoms with Gasteiger partial charge in [-0.2, -0.15) is 0 Å². The molecule has 0 atom stereocenters. The molecule has 0 aliphatic heterocycles. The lowest BCUT2D eigenvalue weighted by Gasteiger charge is -2.13. The Hall–Kier alpha value is -2.24. The number of aromatic nitrogens is 4. The van der Waals surface area contributed by atoms with E-state index in [1.165, 1.54) is 25.7 Å². The van der Waals surface area contributed by atoms with Gasteiger partial charge in [-0.1, -0.05) is 31.7 Å². The van der Waals surface area contributed by atoms with E-state index in [1.807, 2.05) is 25.1 Å². The number of carbonyl (C=O) groups is 1. The molecule has 0 radical (unpaired) electrons. The van der Waals surface area contributed by atoms with Gasteiger partial charge in [0.15, 0.2) is 0 Å². The van der Waals surface area contributed by atoms with Crippen LogP contribution < -0.4 is 5.32 Å². The molecule has 1 aliphatic rings. The molecule has 1 saturated carbocycles. The SMILES string of the molecule is Cc1c(NC(=O)CCC2CCCC2)cccc1-n1cnnn1. The molecule has 2 aromatic rings. The maximum atomic E-state index is 12.2. The third kappa shape index (κ3) is 3.32. The Bertz CT molecular complexity index is 632. The molecule has 1 fully saturated rings. The van der Waals surface area contributed by atoms with E-state index in [0.29, 0.717) is 6.42 Å². The van der Waals surface area contributed by atoms with Crippen LogP contribution in [0.25, 0.3) is 5.69 Å². The molecule has 0 saturated heterocycles. The van der Waals surface area contributed by atoms with E-state index in [0.717, 1.165) is 29.3 Å². The van der Waals surface area contributed by atoms with Crippen molar-refractivity contribution in [1.82, 2.24) is 20.2 Å². The molecule has 0 unspecified atom stereocenters. The van der Waals surface area contributed by atoms with Crippen molar-refractivity contribution in [2.24, 2.45) is 5.92 Å². The van der Waals surface area contributed by atoms with Gasteiger partial charge in [0.1, 0.15) is 6.33 Å². The highest BCUT2D eigenvalue weighted by atomic mass is 16.1. The van der Waals surface area contributed by atoms with Gasteiger partial charge >= 0.3 is 0 Å². The van der Waals surface area contributed by atoms with Crippen LogP contribution in [0.15, 0.2) is 24.5 Å². The fraction of sp³-hybridized carbons (Fsp3) is 0.500. The lowest BCUT2D eigenvalue weighted by Crippen LogP contribution is -2.14. The Balaban J connectivity index is 1.64. The topological polar surface area (TPSA) is 72.7 Å². The highest BCUT2D eigenvalue weighted by Crippen LogP contribution is 2.29. The molecule has 1 aliphatic carbocycles. The predicted octanol–water partition coefficient (Wildman–Crippen LogP) is 2.88. The average Bonchev–Trinajstić information content (AvgIpc) is 3.20. The maximum absolute atomic E-state index is 12.2. The summed E-state index contributed by atoms with van der Waals surface area (Å²) in [4.78, 5) is 12.2. The number of hydrogen-bond donors (Lipinski definition) is 1. The Morgan fingerprint density at radius 1 is 1.36 bits per heavy atom. The third-order valence-electron chi connectivity index (χ3n) is 4.43. The zero-order valence-electron chi connectivity index (χ0n) is 12.8. The van der Waals surface area contributed by atoms with Gasteiger partial charge in [0, 0.05) is 12.1 Å². The first-order chi connectivity index (χ1) is 10.7. The molecule has 3 rings (SSSR count). The Kier molecular flexibility index (Phi) is 4.46. The fourth-order valence-electron chi connectivity index (χ4n) is 3.13. The Morgan fingerprint density at radius 3 is 2.91 bits per heavy atom. The standard InChI is InChI=1S/C16H21N5O/c1-12-14(7-4-8-15(12)21-11-17-19-20-21)18-16(22)10-9-13-5-2-3-6-13/h4,7-8,11,13H,2-3,5-6,9-10H2,1H3,(H,18,22). The summed E-state index contributed by atoms with van der Waals surface area (Å²) in [5.74, 6) is 0.822. The van der Waals surface area contributed by atoms with Crippen molar-refractivity contribution >= 4 is 11.6 Å². The number of nitrogens with zero attached hydrogens (tertiary/aromatic N) is 4. The van der Waals surface area contributed by atoms with Crippen molar-refractivity contribution in [2.75, 3.05) is 5.32 Å². The summed E-state index contributed by atoms with van der Waals surface area (Å²) in [6.45, 7) is 1.96. The summed E-state index contributed by atoms with van der Waals surface area (Å²) in [6.07, 6.45) is 8.34. The highest BCUT2D eigenvalue weighted by molar-refractivity contribution is 5.92. The van der Waals surface area contributed by atoms with Crippen molar-refractivity contribution in [2.45, 2.75) is 45.4 Å². The van der Waals surface area contributed by atoms with Crippen LogP contribution >= 0.6 is 0 Å². The Labute approximate surface area is 129 Å². The van der Waals surface area contributed by atoms with Crippen molar-refractivity contribution in [3.63, 3.8) is 0 Å². The van der Waals surface area contributed by atoms with Crippen LogP contribution in [0.5, 0.6) is 0 Å². The molecular weight excluding hydrogens is 278 g/mol. The molecule has 1 heterocycles. The monoisotopic (exact) mass is 299 g/mol. The van der Waals surface area contributed by atoms with Crippen molar-refractivity contribution < 1.29 is 4.79 Å². The molecule has 0 bridgehead atoms. The predicted molar refractivity (Wildman–Crippen MR) is 83.7 cm³/mol. The average molecular weight is 299 g/mol. The fourth-order valence-corrected chi connectivity index (χ4v) is 3.13. The molecule has 6 heteroatoms. The maximum Gasteiger partial charge on any atom is 0.224 e. The summed E-state index contributed by atoms with van der Waals surface area (Å²) in [5.41, 5.74) is 2.66. The van der Waals surface area contributed by atoms with Gasteiger partial charge in [-0.25, -0.2) is 4.68 Å². The zero-order chi connectivity index (χ0) is 15.4. The van der Waals surface area contributed by atoms with Crippen molar-refractivity contribution in [1.29, 1.82) is 0 Å². The van der Waals surface area contributed by atoms with E-state index in [-0.39, 0.29) is 5.91 Å². The highest BCUT2D eigenvalue weighted by Gasteiger charge is 2.16. The smallest absolute Gasteiger partial charge is 0.224 e. The first kappa shape index (κ1) is 14.7. The molecule has 1 aromatic heterocycles. The van der Waals surface area contributed by atoms with Gasteiger partial charge in [-0.3, -0.25) is 4.79 Å². The molecule has 0 spiro atoms. The summed E-state index contributed by atoms with van der Waals surface area (Å²) in [7, 11) is 0. The molecule has 1 amide bonds. The van der Waals surface area contributed by atoms with Crippen molar-refractivity contribution in [3.05, 3.63) is 30.1 Å². The lowest BCUT2D eigenvalue weighted by atomic mass is 10.0. The molecule has 1 aromatic carbocycles. The lowest BCUT2D eigenvalue weighted by molar-refractivity contribution is -0.116. The second kappa shape index (κ2) is 6.68. The van der Waals surface area contributed by atoms with Crippen LogP contribution in [0, 0.1) is 12.8 Å². The number of anilines is 1. The van der Waals surface area contributed by atoms with Gasteiger partial charge in [0.05, 0.1) is 5.69 Å². The number of tetrazole rings is 1. The quantitative estimate of drug-likeness (QED) is 0.921. The molecule has 22 heavy (non-hydrogen) atoms. The number of carbonyl (C=O) groups excluding carboxylic acids is 1. The van der Waals surface area contributed by atoms with Crippen LogP contribution in [0.1, 0.15) is 44.1 Å². The first-order valence-electron chi connectivity index (χ1n) is 7.87. The van der Waals surface area contributed by atoms with E-state index >= 15 is 0 Å². The number of rotatable bonds is 5. The molecule has 6 nitrogen and oxygen atoms in total. The number of benzene rings is 1. The summed E-state index contributed by atoms with van der Waals surface area (Å²) in [5, 5.41) is 14.2. The molecule has 1 N–H and O–H groups in total. The largest absolute Gasteiger partial charge is 0.326 e. The van der Waals surface area contributed by atoms with E-state index in [9.17, 15) is 4.79 Å². The second-order valence-electron chi connectivity index (χ2n) is 5.94. The zero-order valence-corrected chi connectivity index (χ0v) is 12.8. The Morgan fingerprint density at radius 2 is 2.18 bits per heavy atom.